The molecule has 6 nitrogen and oxygen atoms in total. The molecule has 0 bridgehead atoms. The fraction of sp³-hybridized carbons (Fsp3) is 0. The third kappa shape index (κ3) is 3.62. The van der Waals surface area contributed by atoms with Gasteiger partial charge in [-0.3, -0.25) is 10.1 Å². The minimum Gasteiger partial charge on any atom is -0.478 e. The van der Waals surface area contributed by atoms with Gasteiger partial charge in [0.25, 0.3) is 5.69 Å². The first-order valence-electron chi connectivity index (χ1n) is 5.61. The molecule has 0 saturated heterocycles. The van der Waals surface area contributed by atoms with E-state index in [9.17, 15) is 14.9 Å². The Labute approximate surface area is 129 Å². The van der Waals surface area contributed by atoms with Gasteiger partial charge in [-0.05, 0) is 30.3 Å². The van der Waals surface area contributed by atoms with Crippen LogP contribution in [0.3, 0.4) is 0 Å². The highest BCUT2D eigenvalue weighted by Crippen LogP contribution is 2.31. The normalized spacial score (nSPS) is 10.2. The van der Waals surface area contributed by atoms with Crippen molar-refractivity contribution >= 4 is 46.2 Å². The van der Waals surface area contributed by atoms with Gasteiger partial charge < -0.3 is 10.4 Å². The minimum atomic E-state index is -1.18. The number of hydrogen-bond acceptors (Lipinski definition) is 4. The second-order valence-corrected chi connectivity index (χ2v) is 4.95. The SMILES string of the molecule is O=C(O)c1ccc([N+](=O)[O-])c(Nc2cc(Cl)cc(Cl)c2)c1. The highest BCUT2D eigenvalue weighted by atomic mass is 35.5. The molecule has 0 aliphatic rings. The second-order valence-electron chi connectivity index (χ2n) is 4.08. The molecule has 21 heavy (non-hydrogen) atoms. The van der Waals surface area contributed by atoms with Crippen molar-refractivity contribution in [3.05, 3.63) is 62.1 Å². The lowest BCUT2D eigenvalue weighted by molar-refractivity contribution is -0.383. The van der Waals surface area contributed by atoms with E-state index >= 15 is 0 Å². The number of nitrogens with zero attached hydrogens (tertiary/aromatic N) is 1. The summed E-state index contributed by atoms with van der Waals surface area (Å²) < 4.78 is 0. The number of aromatic carboxylic acids is 1. The smallest absolute Gasteiger partial charge is 0.335 e. The van der Waals surface area contributed by atoms with Crippen molar-refractivity contribution in [3.63, 3.8) is 0 Å². The molecule has 2 rings (SSSR count). The van der Waals surface area contributed by atoms with Gasteiger partial charge in [0, 0.05) is 21.8 Å². The predicted octanol–water partition coefficient (Wildman–Crippen LogP) is 4.34. The molecule has 0 spiro atoms. The Morgan fingerprint density at radius 3 is 2.29 bits per heavy atom. The van der Waals surface area contributed by atoms with E-state index in [4.69, 9.17) is 28.3 Å². The number of nitro benzene ring substituents is 1. The highest BCUT2D eigenvalue weighted by molar-refractivity contribution is 6.35. The van der Waals surface area contributed by atoms with Crippen molar-refractivity contribution in [2.24, 2.45) is 0 Å². The lowest BCUT2D eigenvalue weighted by Crippen LogP contribution is -2.01. The monoisotopic (exact) mass is 326 g/mol. The van der Waals surface area contributed by atoms with E-state index in [-0.39, 0.29) is 16.9 Å². The number of anilines is 2. The molecule has 0 heterocycles. The molecule has 0 amide bonds. The van der Waals surface area contributed by atoms with Gasteiger partial charge in [0.15, 0.2) is 0 Å². The maximum absolute atomic E-state index is 11.0. The van der Waals surface area contributed by atoms with Gasteiger partial charge in [-0.1, -0.05) is 23.2 Å². The van der Waals surface area contributed by atoms with Gasteiger partial charge in [-0.15, -0.1) is 0 Å². The van der Waals surface area contributed by atoms with Gasteiger partial charge >= 0.3 is 5.97 Å². The van der Waals surface area contributed by atoms with E-state index in [1.165, 1.54) is 24.3 Å². The minimum absolute atomic E-state index is 0.0400. The molecule has 2 aromatic carbocycles. The van der Waals surface area contributed by atoms with Gasteiger partial charge in [-0.25, -0.2) is 4.79 Å². The summed E-state index contributed by atoms with van der Waals surface area (Å²) in [5, 5.41) is 23.4. The third-order valence-corrected chi connectivity index (χ3v) is 3.02. The number of halogens is 2. The number of benzene rings is 2. The summed E-state index contributed by atoms with van der Waals surface area (Å²) in [5.74, 6) is -1.18. The number of carboxylic acid groups (broad SMARTS) is 1. The first-order chi connectivity index (χ1) is 9.86. The zero-order chi connectivity index (χ0) is 15.6. The number of rotatable bonds is 4. The number of carboxylic acids is 1. The molecule has 0 atom stereocenters. The molecule has 2 aromatic rings. The fourth-order valence-corrected chi connectivity index (χ4v) is 2.24. The Morgan fingerprint density at radius 2 is 1.76 bits per heavy atom. The van der Waals surface area contributed by atoms with E-state index in [0.717, 1.165) is 12.1 Å². The summed E-state index contributed by atoms with van der Waals surface area (Å²) in [6.07, 6.45) is 0. The van der Waals surface area contributed by atoms with E-state index in [1.54, 1.807) is 0 Å². The van der Waals surface area contributed by atoms with Crippen molar-refractivity contribution in [1.82, 2.24) is 0 Å². The zero-order valence-corrected chi connectivity index (χ0v) is 11.9. The summed E-state index contributed by atoms with van der Waals surface area (Å²) in [7, 11) is 0. The molecule has 2 N–H and O–H groups in total. The average molecular weight is 327 g/mol. The van der Waals surface area contributed by atoms with Crippen molar-refractivity contribution in [1.29, 1.82) is 0 Å². The first-order valence-corrected chi connectivity index (χ1v) is 6.37. The van der Waals surface area contributed by atoms with Gasteiger partial charge in [-0.2, -0.15) is 0 Å². The standard InChI is InChI=1S/C13H8Cl2N2O4/c14-8-4-9(15)6-10(5-8)16-11-3-7(13(18)19)1-2-12(11)17(20)21/h1-6,16H,(H,18,19). The Hall–Kier alpha value is -2.31. The molecular weight excluding hydrogens is 319 g/mol. The largest absolute Gasteiger partial charge is 0.478 e. The molecule has 0 aliphatic heterocycles. The van der Waals surface area contributed by atoms with E-state index in [2.05, 4.69) is 5.32 Å². The molecule has 0 unspecified atom stereocenters. The van der Waals surface area contributed by atoms with Crippen LogP contribution in [0.25, 0.3) is 0 Å². The van der Waals surface area contributed by atoms with Gasteiger partial charge in [0.1, 0.15) is 5.69 Å². The van der Waals surface area contributed by atoms with Crippen LogP contribution in [0.5, 0.6) is 0 Å². The van der Waals surface area contributed by atoms with Crippen LogP contribution >= 0.6 is 23.2 Å². The van der Waals surface area contributed by atoms with Gasteiger partial charge in [0.05, 0.1) is 10.5 Å². The lowest BCUT2D eigenvalue weighted by atomic mass is 10.1. The lowest BCUT2D eigenvalue weighted by Gasteiger charge is -2.09. The van der Waals surface area contributed by atoms with Crippen LogP contribution < -0.4 is 5.32 Å². The number of nitro groups is 1. The number of nitrogens with one attached hydrogen (secondary N) is 1. The van der Waals surface area contributed by atoms with Gasteiger partial charge in [0.2, 0.25) is 0 Å². The number of hydrogen-bond donors (Lipinski definition) is 2. The van der Waals surface area contributed by atoms with E-state index in [0.29, 0.717) is 15.7 Å². The second kappa shape index (κ2) is 5.99. The van der Waals surface area contributed by atoms with Crippen molar-refractivity contribution in [2.75, 3.05) is 5.32 Å². The van der Waals surface area contributed by atoms with E-state index < -0.39 is 10.9 Å². The zero-order valence-electron chi connectivity index (χ0n) is 10.3. The summed E-state index contributed by atoms with van der Waals surface area (Å²) in [6.45, 7) is 0. The molecule has 8 heteroatoms. The van der Waals surface area contributed by atoms with Crippen LogP contribution in [0, 0.1) is 10.1 Å². The summed E-state index contributed by atoms with van der Waals surface area (Å²) in [4.78, 5) is 21.3. The predicted molar refractivity (Wildman–Crippen MR) is 79.8 cm³/mol. The molecule has 0 aliphatic carbocycles. The third-order valence-electron chi connectivity index (χ3n) is 2.58. The average Bonchev–Trinajstić information content (AvgIpc) is 2.36. The Morgan fingerprint density at radius 1 is 1.14 bits per heavy atom. The van der Waals surface area contributed by atoms with Crippen LogP contribution in [-0.2, 0) is 0 Å². The molecule has 0 saturated carbocycles. The molecule has 108 valence electrons. The summed E-state index contributed by atoms with van der Waals surface area (Å²) in [6, 6.07) is 8.01. The van der Waals surface area contributed by atoms with Crippen LogP contribution in [0.15, 0.2) is 36.4 Å². The van der Waals surface area contributed by atoms with Crippen molar-refractivity contribution < 1.29 is 14.8 Å². The molecule has 0 aromatic heterocycles. The van der Waals surface area contributed by atoms with Crippen LogP contribution in [0.1, 0.15) is 10.4 Å². The summed E-state index contributed by atoms with van der Waals surface area (Å²) in [5.41, 5.74) is 0.128. The molecular formula is C13H8Cl2N2O4. The number of carbonyl (C=O) groups is 1. The highest BCUT2D eigenvalue weighted by Gasteiger charge is 2.17. The van der Waals surface area contributed by atoms with Crippen molar-refractivity contribution in [3.8, 4) is 0 Å². The molecule has 0 radical (unpaired) electrons. The van der Waals surface area contributed by atoms with E-state index in [1.807, 2.05) is 0 Å². The van der Waals surface area contributed by atoms with Crippen LogP contribution in [0.2, 0.25) is 10.0 Å². The maximum atomic E-state index is 11.0. The topological polar surface area (TPSA) is 92.5 Å². The first kappa shape index (κ1) is 15.1. The quantitative estimate of drug-likeness (QED) is 0.643. The van der Waals surface area contributed by atoms with Crippen molar-refractivity contribution in [2.45, 2.75) is 0 Å². The Balaban J connectivity index is 2.47. The molecule has 0 fully saturated rings. The summed E-state index contributed by atoms with van der Waals surface area (Å²) >= 11 is 11.7. The maximum Gasteiger partial charge on any atom is 0.335 e. The van der Waals surface area contributed by atoms with Crippen LogP contribution in [0.4, 0.5) is 17.1 Å². The fourth-order valence-electron chi connectivity index (χ4n) is 1.71. The Bertz CT molecular complexity index is 714. The van der Waals surface area contributed by atoms with Crippen LogP contribution in [-0.4, -0.2) is 16.0 Å². The Kier molecular flexibility index (Phi) is 4.30.